The van der Waals surface area contributed by atoms with Crippen LogP contribution in [0.1, 0.15) is 12.0 Å². The predicted molar refractivity (Wildman–Crippen MR) is 91.9 cm³/mol. The molecule has 1 aliphatic heterocycles. The van der Waals surface area contributed by atoms with Gasteiger partial charge in [0, 0.05) is 43.1 Å². The van der Waals surface area contributed by atoms with Gasteiger partial charge in [0.1, 0.15) is 0 Å². The van der Waals surface area contributed by atoms with Crippen LogP contribution in [0.5, 0.6) is 0 Å². The van der Waals surface area contributed by atoms with Crippen molar-refractivity contribution < 1.29 is 0 Å². The summed E-state index contributed by atoms with van der Waals surface area (Å²) in [7, 11) is 0. The van der Waals surface area contributed by atoms with Crippen molar-refractivity contribution in [2.45, 2.75) is 13.0 Å². The van der Waals surface area contributed by atoms with Gasteiger partial charge in [-0.25, -0.2) is 0 Å². The number of fused-ring (bicyclic) bond motifs is 1. The van der Waals surface area contributed by atoms with Crippen LogP contribution in [0.2, 0.25) is 0 Å². The highest BCUT2D eigenvalue weighted by Crippen LogP contribution is 2.18. The Morgan fingerprint density at radius 1 is 1.00 bits per heavy atom. The second kappa shape index (κ2) is 7.34. The molecule has 3 nitrogen and oxygen atoms in total. The van der Waals surface area contributed by atoms with E-state index < -0.39 is 0 Å². The zero-order chi connectivity index (χ0) is 14.5. The van der Waals surface area contributed by atoms with E-state index in [2.05, 4.69) is 61.0 Å². The van der Waals surface area contributed by atoms with E-state index in [1.54, 1.807) is 0 Å². The first-order chi connectivity index (χ1) is 10.4. The van der Waals surface area contributed by atoms with Crippen molar-refractivity contribution in [2.24, 2.45) is 0 Å². The molecule has 1 aromatic carbocycles. The summed E-state index contributed by atoms with van der Waals surface area (Å²) in [5.74, 6) is 0. The molecule has 0 N–H and O–H groups in total. The van der Waals surface area contributed by atoms with E-state index in [4.69, 9.17) is 0 Å². The number of hydrogen-bond acceptors (Lipinski definition) is 3. The molecule has 112 valence electrons. The first-order valence-corrected chi connectivity index (χ1v) is 8.82. The van der Waals surface area contributed by atoms with Crippen LogP contribution in [-0.2, 0) is 6.54 Å². The summed E-state index contributed by atoms with van der Waals surface area (Å²) < 4.78 is 0. The van der Waals surface area contributed by atoms with E-state index in [0.717, 1.165) is 30.5 Å². The minimum Gasteiger partial charge on any atom is -0.301 e. The Labute approximate surface area is 135 Å². The number of alkyl halides is 1. The van der Waals surface area contributed by atoms with Gasteiger partial charge in [-0.15, -0.1) is 0 Å². The number of nitrogens with zero attached hydrogens (tertiary/aromatic N) is 3. The lowest BCUT2D eigenvalue weighted by Gasteiger charge is -2.21. The van der Waals surface area contributed by atoms with E-state index in [0.29, 0.717) is 0 Å². The Bertz CT molecular complexity index is 582. The normalized spacial score (nSPS) is 18.0. The molecule has 3 rings (SSSR count). The lowest BCUT2D eigenvalue weighted by molar-refractivity contribution is 0.259. The molecule has 0 spiro atoms. The lowest BCUT2D eigenvalue weighted by atomic mass is 10.1. The molecule has 2 aromatic rings. The maximum absolute atomic E-state index is 4.46. The molecule has 0 radical (unpaired) electrons. The molecule has 0 amide bonds. The van der Waals surface area contributed by atoms with Gasteiger partial charge in [0.2, 0.25) is 0 Å². The maximum atomic E-state index is 4.46. The quantitative estimate of drug-likeness (QED) is 0.792. The number of hydrogen-bond donors (Lipinski definition) is 0. The van der Waals surface area contributed by atoms with E-state index in [1.807, 2.05) is 6.20 Å². The van der Waals surface area contributed by atoms with E-state index >= 15 is 0 Å². The van der Waals surface area contributed by atoms with Crippen molar-refractivity contribution in [3.05, 3.63) is 42.1 Å². The Kier molecular flexibility index (Phi) is 5.22. The molecule has 4 heteroatoms. The zero-order valence-corrected chi connectivity index (χ0v) is 13.9. The standard InChI is InChI=1S/C17H22BrN3/c18-7-11-20-9-3-10-21(13-12-20)14-15-6-8-19-17-5-2-1-4-16(15)17/h1-2,4-6,8H,3,7,9-14H2. The summed E-state index contributed by atoms with van der Waals surface area (Å²) in [5, 5.41) is 2.36. The second-order valence-electron chi connectivity index (χ2n) is 5.65. The van der Waals surface area contributed by atoms with Crippen LogP contribution in [0, 0.1) is 0 Å². The molecule has 0 saturated carbocycles. The Balaban J connectivity index is 1.70. The highest BCUT2D eigenvalue weighted by molar-refractivity contribution is 9.09. The smallest absolute Gasteiger partial charge is 0.0705 e. The molecule has 1 aliphatic rings. The van der Waals surface area contributed by atoms with Crippen molar-refractivity contribution >= 4 is 26.8 Å². The summed E-state index contributed by atoms with van der Waals surface area (Å²) in [4.78, 5) is 9.59. The molecule has 21 heavy (non-hydrogen) atoms. The third-order valence-corrected chi connectivity index (χ3v) is 4.57. The van der Waals surface area contributed by atoms with Gasteiger partial charge in [0.15, 0.2) is 0 Å². The second-order valence-corrected chi connectivity index (χ2v) is 6.44. The fourth-order valence-electron chi connectivity index (χ4n) is 3.06. The molecular formula is C17H22BrN3. The highest BCUT2D eigenvalue weighted by atomic mass is 79.9. The molecular weight excluding hydrogens is 326 g/mol. The SMILES string of the molecule is BrCCN1CCCN(Cc2ccnc3ccccc23)CC1. The van der Waals surface area contributed by atoms with E-state index in [-0.39, 0.29) is 0 Å². The van der Waals surface area contributed by atoms with Gasteiger partial charge in [-0.05, 0) is 37.2 Å². The molecule has 0 aliphatic carbocycles. The molecule has 0 atom stereocenters. The van der Waals surface area contributed by atoms with Gasteiger partial charge < -0.3 is 4.90 Å². The molecule has 1 fully saturated rings. The molecule has 1 aromatic heterocycles. The first-order valence-electron chi connectivity index (χ1n) is 7.70. The Hall–Kier alpha value is -0.970. The van der Waals surface area contributed by atoms with Crippen molar-refractivity contribution in [2.75, 3.05) is 38.1 Å². The summed E-state index contributed by atoms with van der Waals surface area (Å²) in [6.45, 7) is 6.93. The van der Waals surface area contributed by atoms with Crippen LogP contribution in [0.15, 0.2) is 36.5 Å². The maximum Gasteiger partial charge on any atom is 0.0705 e. The number of para-hydroxylation sites is 1. The average molecular weight is 348 g/mol. The van der Waals surface area contributed by atoms with Crippen LogP contribution < -0.4 is 0 Å². The van der Waals surface area contributed by atoms with Gasteiger partial charge in [0.25, 0.3) is 0 Å². The number of halogens is 1. The monoisotopic (exact) mass is 347 g/mol. The number of rotatable bonds is 4. The van der Waals surface area contributed by atoms with Crippen molar-refractivity contribution in [1.29, 1.82) is 0 Å². The topological polar surface area (TPSA) is 19.4 Å². The molecule has 0 bridgehead atoms. The fourth-order valence-corrected chi connectivity index (χ4v) is 3.56. The molecule has 0 unspecified atom stereocenters. The minimum atomic E-state index is 1.03. The van der Waals surface area contributed by atoms with Crippen LogP contribution in [-0.4, -0.2) is 52.8 Å². The van der Waals surface area contributed by atoms with Crippen LogP contribution >= 0.6 is 15.9 Å². The van der Waals surface area contributed by atoms with Crippen LogP contribution in [0.25, 0.3) is 10.9 Å². The minimum absolute atomic E-state index is 1.03. The Morgan fingerprint density at radius 2 is 1.81 bits per heavy atom. The Morgan fingerprint density at radius 3 is 2.71 bits per heavy atom. The van der Waals surface area contributed by atoms with Crippen molar-refractivity contribution in [1.82, 2.24) is 14.8 Å². The van der Waals surface area contributed by atoms with Gasteiger partial charge >= 0.3 is 0 Å². The van der Waals surface area contributed by atoms with Crippen molar-refractivity contribution in [3.8, 4) is 0 Å². The number of aromatic nitrogens is 1. The van der Waals surface area contributed by atoms with Gasteiger partial charge in [-0.2, -0.15) is 0 Å². The lowest BCUT2D eigenvalue weighted by Crippen LogP contribution is -2.31. The van der Waals surface area contributed by atoms with Crippen LogP contribution in [0.4, 0.5) is 0 Å². The van der Waals surface area contributed by atoms with Crippen LogP contribution in [0.3, 0.4) is 0 Å². The third-order valence-electron chi connectivity index (χ3n) is 4.22. The number of pyridine rings is 1. The highest BCUT2D eigenvalue weighted by Gasteiger charge is 2.15. The molecule has 1 saturated heterocycles. The summed E-state index contributed by atoms with van der Waals surface area (Å²) in [5.41, 5.74) is 2.50. The summed E-state index contributed by atoms with van der Waals surface area (Å²) in [6, 6.07) is 10.6. The third kappa shape index (κ3) is 3.82. The summed E-state index contributed by atoms with van der Waals surface area (Å²) in [6.07, 6.45) is 3.20. The predicted octanol–water partition coefficient (Wildman–Crippen LogP) is 3.14. The molecule has 2 heterocycles. The van der Waals surface area contributed by atoms with Crippen molar-refractivity contribution in [3.63, 3.8) is 0 Å². The largest absolute Gasteiger partial charge is 0.301 e. The first kappa shape index (κ1) is 14.9. The fraction of sp³-hybridized carbons (Fsp3) is 0.471. The van der Waals surface area contributed by atoms with Gasteiger partial charge in [-0.3, -0.25) is 9.88 Å². The van der Waals surface area contributed by atoms with Gasteiger partial charge in [-0.1, -0.05) is 34.1 Å². The average Bonchev–Trinajstić information content (AvgIpc) is 2.74. The summed E-state index contributed by atoms with van der Waals surface area (Å²) >= 11 is 3.54. The van der Waals surface area contributed by atoms with Gasteiger partial charge in [0.05, 0.1) is 5.52 Å². The zero-order valence-electron chi connectivity index (χ0n) is 12.3. The van der Waals surface area contributed by atoms with E-state index in [9.17, 15) is 0 Å². The van der Waals surface area contributed by atoms with E-state index in [1.165, 1.54) is 37.0 Å². The number of benzene rings is 1.